The van der Waals surface area contributed by atoms with Crippen LogP contribution in [0, 0.1) is 0 Å². The van der Waals surface area contributed by atoms with E-state index in [2.05, 4.69) is 21.0 Å². The summed E-state index contributed by atoms with van der Waals surface area (Å²) in [6.45, 7) is 4.48. The Morgan fingerprint density at radius 3 is 2.85 bits per heavy atom. The molecule has 3 rings (SSSR count). The van der Waals surface area contributed by atoms with Crippen molar-refractivity contribution in [2.45, 2.75) is 19.5 Å². The number of morpholine rings is 1. The lowest BCUT2D eigenvalue weighted by atomic mass is 10.3. The van der Waals surface area contributed by atoms with Crippen molar-refractivity contribution in [1.82, 2.24) is 25.3 Å². The van der Waals surface area contributed by atoms with E-state index in [4.69, 9.17) is 4.74 Å². The minimum Gasteiger partial charge on any atom is -0.379 e. The third kappa shape index (κ3) is 4.81. The van der Waals surface area contributed by atoms with E-state index in [-0.39, 0.29) is 18.1 Å². The summed E-state index contributed by atoms with van der Waals surface area (Å²) in [7, 11) is 0. The molecule has 1 aliphatic rings. The van der Waals surface area contributed by atoms with Gasteiger partial charge in [0.1, 0.15) is 6.17 Å². The zero-order valence-electron chi connectivity index (χ0n) is 14.5. The average molecular weight is 378 g/mol. The number of ether oxygens (including phenoxy) is 1. The monoisotopic (exact) mass is 378 g/mol. The first kappa shape index (κ1) is 18.4. The maximum absolute atomic E-state index is 12.4. The van der Waals surface area contributed by atoms with Crippen molar-refractivity contribution in [3.05, 3.63) is 35.7 Å². The molecule has 0 bridgehead atoms. The minimum absolute atomic E-state index is 0.159. The number of imidazole rings is 1. The topological polar surface area (TPSA) is 101 Å². The van der Waals surface area contributed by atoms with Crippen molar-refractivity contribution in [2.24, 2.45) is 0 Å². The number of hydrazine groups is 1. The number of anilines is 1. The lowest BCUT2D eigenvalue weighted by Gasteiger charge is -2.26. The van der Waals surface area contributed by atoms with Crippen LogP contribution < -0.4 is 16.1 Å². The largest absolute Gasteiger partial charge is 0.379 e. The predicted octanol–water partition coefficient (Wildman–Crippen LogP) is 1.65. The average Bonchev–Trinajstić information content (AvgIpc) is 3.32. The number of carbonyl (C=O) groups excluding carboxylic acids is 2. The standard InChI is InChI=1S/C16H22N6O3S/c1-2-13(21-6-5-17-11-21)18-15(23)12-3-4-14(26-12)19-16(24)20-22-7-9-25-10-8-22/h3-6,11,13H,2,7-10H2,1H3,(H,18,23)(H2,19,20,24). The molecule has 3 heterocycles. The number of rotatable bonds is 6. The molecular formula is C16H22N6O3S. The van der Waals surface area contributed by atoms with Crippen molar-refractivity contribution in [1.29, 1.82) is 0 Å². The molecule has 1 atom stereocenters. The van der Waals surface area contributed by atoms with Crippen molar-refractivity contribution in [3.8, 4) is 0 Å². The molecule has 2 aromatic rings. The Balaban J connectivity index is 1.53. The van der Waals surface area contributed by atoms with Gasteiger partial charge in [0.05, 0.1) is 29.4 Å². The zero-order valence-corrected chi connectivity index (χ0v) is 15.3. The number of hydrogen-bond donors (Lipinski definition) is 3. The fourth-order valence-electron chi connectivity index (χ4n) is 2.55. The number of hydrogen-bond acceptors (Lipinski definition) is 6. The van der Waals surface area contributed by atoms with Gasteiger partial charge in [-0.1, -0.05) is 6.92 Å². The molecule has 26 heavy (non-hydrogen) atoms. The van der Waals surface area contributed by atoms with Gasteiger partial charge in [0.2, 0.25) is 0 Å². The first-order valence-electron chi connectivity index (χ1n) is 8.44. The van der Waals surface area contributed by atoms with Crippen LogP contribution in [-0.2, 0) is 4.74 Å². The van der Waals surface area contributed by atoms with Gasteiger partial charge in [-0.2, -0.15) is 0 Å². The molecule has 0 saturated carbocycles. The molecule has 3 amide bonds. The summed E-state index contributed by atoms with van der Waals surface area (Å²) in [6.07, 6.45) is 5.74. The molecule has 1 unspecified atom stereocenters. The van der Waals surface area contributed by atoms with Crippen molar-refractivity contribution >= 4 is 28.3 Å². The van der Waals surface area contributed by atoms with Crippen LogP contribution >= 0.6 is 11.3 Å². The zero-order chi connectivity index (χ0) is 18.4. The van der Waals surface area contributed by atoms with E-state index < -0.39 is 0 Å². The first-order chi connectivity index (χ1) is 12.7. The van der Waals surface area contributed by atoms with Crippen LogP contribution in [0.4, 0.5) is 9.80 Å². The molecule has 2 aromatic heterocycles. The van der Waals surface area contributed by atoms with Crippen LogP contribution in [0.25, 0.3) is 0 Å². The van der Waals surface area contributed by atoms with E-state index in [9.17, 15) is 9.59 Å². The predicted molar refractivity (Wildman–Crippen MR) is 97.9 cm³/mol. The number of nitrogens with zero attached hydrogens (tertiary/aromatic N) is 3. The first-order valence-corrected chi connectivity index (χ1v) is 9.26. The van der Waals surface area contributed by atoms with Crippen LogP contribution in [0.5, 0.6) is 0 Å². The number of urea groups is 1. The smallest absolute Gasteiger partial charge is 0.334 e. The van der Waals surface area contributed by atoms with Gasteiger partial charge in [0, 0.05) is 25.5 Å². The maximum Gasteiger partial charge on any atom is 0.334 e. The summed E-state index contributed by atoms with van der Waals surface area (Å²) in [6, 6.07) is 3.09. The van der Waals surface area contributed by atoms with Gasteiger partial charge in [0.25, 0.3) is 5.91 Å². The third-order valence-electron chi connectivity index (χ3n) is 3.91. The van der Waals surface area contributed by atoms with Gasteiger partial charge in [0.15, 0.2) is 0 Å². The van der Waals surface area contributed by atoms with Crippen molar-refractivity contribution < 1.29 is 14.3 Å². The summed E-state index contributed by atoms with van der Waals surface area (Å²) in [5.74, 6) is -0.183. The number of nitrogens with one attached hydrogen (secondary N) is 3. The van der Waals surface area contributed by atoms with E-state index >= 15 is 0 Å². The summed E-state index contributed by atoms with van der Waals surface area (Å²) >= 11 is 1.23. The number of thiophene rings is 1. The van der Waals surface area contributed by atoms with Crippen LogP contribution in [-0.4, -0.2) is 52.8 Å². The Morgan fingerprint density at radius 2 is 2.15 bits per heavy atom. The third-order valence-corrected chi connectivity index (χ3v) is 4.91. The number of amides is 3. The van der Waals surface area contributed by atoms with E-state index in [1.807, 2.05) is 17.7 Å². The summed E-state index contributed by atoms with van der Waals surface area (Å²) in [4.78, 5) is 29.0. The Hall–Kier alpha value is -2.43. The molecule has 0 aromatic carbocycles. The fourth-order valence-corrected chi connectivity index (χ4v) is 3.35. The summed E-state index contributed by atoms with van der Waals surface area (Å²) < 4.78 is 7.08. The summed E-state index contributed by atoms with van der Waals surface area (Å²) in [5.41, 5.74) is 2.76. The number of aromatic nitrogens is 2. The van der Waals surface area contributed by atoms with Crippen LogP contribution in [0.1, 0.15) is 29.2 Å². The van der Waals surface area contributed by atoms with E-state index in [1.165, 1.54) is 11.3 Å². The Kier molecular flexibility index (Phi) is 6.21. The highest BCUT2D eigenvalue weighted by molar-refractivity contribution is 7.18. The maximum atomic E-state index is 12.4. The highest BCUT2D eigenvalue weighted by Crippen LogP contribution is 2.22. The van der Waals surface area contributed by atoms with Gasteiger partial charge >= 0.3 is 6.03 Å². The SMILES string of the molecule is CCC(NC(=O)c1ccc(NC(=O)NN2CCOCC2)s1)n1ccnc1. The van der Waals surface area contributed by atoms with E-state index in [0.29, 0.717) is 36.2 Å². The van der Waals surface area contributed by atoms with Gasteiger partial charge in [-0.15, -0.1) is 11.3 Å². The fraction of sp³-hybridized carbons (Fsp3) is 0.438. The molecule has 10 heteroatoms. The minimum atomic E-state index is -0.328. The molecular weight excluding hydrogens is 356 g/mol. The Morgan fingerprint density at radius 1 is 1.35 bits per heavy atom. The molecule has 1 aliphatic heterocycles. The molecule has 9 nitrogen and oxygen atoms in total. The number of carbonyl (C=O) groups is 2. The van der Waals surface area contributed by atoms with Gasteiger partial charge in [-0.05, 0) is 18.6 Å². The van der Waals surface area contributed by atoms with E-state index in [0.717, 1.165) is 6.42 Å². The Labute approximate surface area is 155 Å². The van der Waals surface area contributed by atoms with Gasteiger partial charge in [-0.3, -0.25) is 15.5 Å². The van der Waals surface area contributed by atoms with Gasteiger partial charge < -0.3 is 14.6 Å². The molecule has 0 spiro atoms. The van der Waals surface area contributed by atoms with Crippen LogP contribution in [0.15, 0.2) is 30.9 Å². The summed E-state index contributed by atoms with van der Waals surface area (Å²) in [5, 5.41) is 8.12. The molecule has 0 radical (unpaired) electrons. The second-order valence-corrected chi connectivity index (χ2v) is 6.82. The lowest BCUT2D eigenvalue weighted by Crippen LogP contribution is -2.49. The molecule has 1 fully saturated rings. The van der Waals surface area contributed by atoms with Gasteiger partial charge in [-0.25, -0.2) is 14.8 Å². The Bertz CT molecular complexity index is 726. The quantitative estimate of drug-likeness (QED) is 0.710. The molecule has 1 saturated heterocycles. The highest BCUT2D eigenvalue weighted by Gasteiger charge is 2.17. The van der Waals surface area contributed by atoms with Crippen LogP contribution in [0.2, 0.25) is 0 Å². The molecule has 0 aliphatic carbocycles. The van der Waals surface area contributed by atoms with E-state index in [1.54, 1.807) is 29.7 Å². The second kappa shape index (κ2) is 8.79. The normalized spacial score (nSPS) is 16.0. The lowest BCUT2D eigenvalue weighted by molar-refractivity contribution is 0.0207. The highest BCUT2D eigenvalue weighted by atomic mass is 32.1. The molecule has 140 valence electrons. The van der Waals surface area contributed by atoms with Crippen LogP contribution in [0.3, 0.4) is 0 Å². The second-order valence-electron chi connectivity index (χ2n) is 5.74. The molecule has 3 N–H and O–H groups in total. The van der Waals surface area contributed by atoms with Crippen molar-refractivity contribution in [3.63, 3.8) is 0 Å². The van der Waals surface area contributed by atoms with Crippen molar-refractivity contribution in [2.75, 3.05) is 31.6 Å².